The van der Waals surface area contributed by atoms with Gasteiger partial charge in [-0.25, -0.2) is 0 Å². The van der Waals surface area contributed by atoms with E-state index in [0.717, 1.165) is 26.1 Å². The maximum absolute atomic E-state index is 7.31. The maximum atomic E-state index is 7.31. The Hall–Kier alpha value is -1.65. The van der Waals surface area contributed by atoms with Crippen molar-refractivity contribution in [1.82, 2.24) is 4.90 Å². The first-order valence-electron chi connectivity index (χ1n) is 13.1. The van der Waals surface area contributed by atoms with Crippen molar-refractivity contribution in [1.29, 1.82) is 0 Å². The average Bonchev–Trinajstić information content (AvgIpc) is 3.19. The highest BCUT2D eigenvalue weighted by Gasteiger charge is 2.50. The second-order valence-corrected chi connectivity index (χ2v) is 21.0. The summed E-state index contributed by atoms with van der Waals surface area (Å²) >= 11 is 0. The molecule has 184 valence electrons. The van der Waals surface area contributed by atoms with E-state index in [0.29, 0.717) is 12.0 Å². The molecule has 0 saturated carbocycles. The standard InChI is InChI=1S/C30H45NOSi2/c1-8-9-21-31-24-26(20-22-33(5,6)7)23-27(31)25-32-34(30(2,3)4,28-16-12-10-13-17-28)29-18-14-11-15-19-29/h10-19,26-27H,8-9,21,23-25H2,1-7H3/t26?,27-/m1/s1. The molecule has 0 aromatic heterocycles. The van der Waals surface area contributed by atoms with E-state index in [1.54, 1.807) is 0 Å². The number of likely N-dealkylation sites (tertiary alicyclic amines) is 1. The molecule has 0 aliphatic carbocycles. The number of rotatable bonds is 8. The average molecular weight is 492 g/mol. The zero-order valence-corrected chi connectivity index (χ0v) is 24.5. The van der Waals surface area contributed by atoms with Crippen LogP contribution in [0.25, 0.3) is 0 Å². The zero-order chi connectivity index (χ0) is 24.8. The molecule has 0 radical (unpaired) electrons. The van der Waals surface area contributed by atoms with E-state index in [9.17, 15) is 0 Å². The van der Waals surface area contributed by atoms with Crippen LogP contribution in [0.1, 0.15) is 47.0 Å². The lowest BCUT2D eigenvalue weighted by Crippen LogP contribution is -2.67. The van der Waals surface area contributed by atoms with Crippen LogP contribution in [0.3, 0.4) is 0 Å². The molecule has 0 spiro atoms. The molecule has 1 aliphatic rings. The largest absolute Gasteiger partial charge is 0.406 e. The van der Waals surface area contributed by atoms with Gasteiger partial charge in [-0.15, -0.1) is 11.5 Å². The van der Waals surface area contributed by atoms with Gasteiger partial charge in [-0.05, 0) is 34.8 Å². The topological polar surface area (TPSA) is 12.5 Å². The predicted molar refractivity (Wildman–Crippen MR) is 153 cm³/mol. The second kappa shape index (κ2) is 11.4. The quantitative estimate of drug-likeness (QED) is 0.335. The third-order valence-electron chi connectivity index (χ3n) is 6.89. The van der Waals surface area contributed by atoms with Crippen LogP contribution in [-0.2, 0) is 4.43 Å². The third-order valence-corrected chi connectivity index (χ3v) is 12.8. The molecule has 4 heteroatoms. The zero-order valence-electron chi connectivity index (χ0n) is 22.5. The van der Waals surface area contributed by atoms with Gasteiger partial charge in [0.15, 0.2) is 0 Å². The minimum atomic E-state index is -2.50. The lowest BCUT2D eigenvalue weighted by Gasteiger charge is -2.44. The summed E-state index contributed by atoms with van der Waals surface area (Å²) in [5, 5.41) is 2.74. The van der Waals surface area contributed by atoms with Crippen LogP contribution in [0.4, 0.5) is 0 Å². The summed E-state index contributed by atoms with van der Waals surface area (Å²) in [6.45, 7) is 19.4. The molecule has 0 amide bonds. The van der Waals surface area contributed by atoms with Crippen molar-refractivity contribution in [2.24, 2.45) is 5.92 Å². The molecule has 2 atom stereocenters. The Bertz CT molecular complexity index is 911. The Kier molecular flexibility index (Phi) is 9.03. The summed E-state index contributed by atoms with van der Waals surface area (Å²) in [5.41, 5.74) is 3.64. The SMILES string of the molecule is CCCCN1CC(C#C[Si](C)(C)C)C[C@@H]1CO[Si](c1ccccc1)(c1ccccc1)C(C)(C)C. The normalized spacial score (nSPS) is 19.6. The van der Waals surface area contributed by atoms with E-state index < -0.39 is 16.4 Å². The summed E-state index contributed by atoms with van der Waals surface area (Å²) in [4.78, 5) is 2.67. The van der Waals surface area contributed by atoms with E-state index >= 15 is 0 Å². The second-order valence-electron chi connectivity index (χ2n) is 11.9. The number of hydrogen-bond donors (Lipinski definition) is 0. The smallest absolute Gasteiger partial charge is 0.261 e. The van der Waals surface area contributed by atoms with Crippen molar-refractivity contribution in [3.63, 3.8) is 0 Å². The van der Waals surface area contributed by atoms with Crippen LogP contribution in [-0.4, -0.2) is 47.0 Å². The molecule has 1 saturated heterocycles. The molecule has 1 unspecified atom stereocenters. The van der Waals surface area contributed by atoms with E-state index in [4.69, 9.17) is 4.43 Å². The van der Waals surface area contributed by atoms with E-state index in [1.165, 1.54) is 23.2 Å². The Morgan fingerprint density at radius 2 is 1.50 bits per heavy atom. The van der Waals surface area contributed by atoms with Gasteiger partial charge in [-0.3, -0.25) is 4.90 Å². The fourth-order valence-electron chi connectivity index (χ4n) is 5.20. The maximum Gasteiger partial charge on any atom is 0.261 e. The van der Waals surface area contributed by atoms with E-state index in [2.05, 4.69) is 124 Å². The van der Waals surface area contributed by atoms with Crippen LogP contribution in [0, 0.1) is 17.4 Å². The van der Waals surface area contributed by atoms with Gasteiger partial charge < -0.3 is 4.43 Å². The summed E-state index contributed by atoms with van der Waals surface area (Å²) in [7, 11) is -3.86. The van der Waals surface area contributed by atoms with E-state index in [1.807, 2.05) is 0 Å². The van der Waals surface area contributed by atoms with Crippen molar-refractivity contribution in [2.75, 3.05) is 19.7 Å². The summed E-state index contributed by atoms with van der Waals surface area (Å²) in [5.74, 6) is 4.14. The molecule has 1 fully saturated rings. The number of unbranched alkanes of at least 4 members (excludes halogenated alkanes) is 1. The van der Waals surface area contributed by atoms with Gasteiger partial charge >= 0.3 is 0 Å². The van der Waals surface area contributed by atoms with Crippen molar-refractivity contribution in [3.05, 3.63) is 60.7 Å². The number of hydrogen-bond acceptors (Lipinski definition) is 2. The molecule has 1 heterocycles. The highest BCUT2D eigenvalue weighted by atomic mass is 28.4. The number of benzene rings is 2. The van der Waals surface area contributed by atoms with Gasteiger partial charge in [0.25, 0.3) is 8.32 Å². The highest BCUT2D eigenvalue weighted by Crippen LogP contribution is 2.37. The Morgan fingerprint density at radius 3 is 1.97 bits per heavy atom. The van der Waals surface area contributed by atoms with Crippen LogP contribution in [0.5, 0.6) is 0 Å². The predicted octanol–water partition coefficient (Wildman–Crippen LogP) is 5.93. The van der Waals surface area contributed by atoms with Crippen LogP contribution in [0.2, 0.25) is 24.7 Å². The Balaban J connectivity index is 1.94. The Labute approximate surface area is 211 Å². The molecular weight excluding hydrogens is 447 g/mol. The van der Waals surface area contributed by atoms with Crippen LogP contribution < -0.4 is 10.4 Å². The minimum absolute atomic E-state index is 0.0135. The fourth-order valence-corrected chi connectivity index (χ4v) is 10.4. The lowest BCUT2D eigenvalue weighted by atomic mass is 10.1. The van der Waals surface area contributed by atoms with Gasteiger partial charge in [-0.1, -0.05) is 114 Å². The summed E-state index contributed by atoms with van der Waals surface area (Å²) in [6, 6.07) is 22.5. The van der Waals surface area contributed by atoms with Crippen molar-refractivity contribution < 1.29 is 4.43 Å². The molecule has 0 N–H and O–H groups in total. The van der Waals surface area contributed by atoms with Crippen LogP contribution >= 0.6 is 0 Å². The summed E-state index contributed by atoms with van der Waals surface area (Å²) < 4.78 is 7.31. The van der Waals surface area contributed by atoms with Gasteiger partial charge in [0.2, 0.25) is 0 Å². The lowest BCUT2D eigenvalue weighted by molar-refractivity contribution is 0.164. The minimum Gasteiger partial charge on any atom is -0.406 e. The van der Waals surface area contributed by atoms with Gasteiger partial charge in [-0.2, -0.15) is 0 Å². The van der Waals surface area contributed by atoms with Gasteiger partial charge in [0.05, 0.1) is 6.61 Å². The molecule has 1 aliphatic heterocycles. The molecule has 2 aromatic rings. The van der Waals surface area contributed by atoms with Gasteiger partial charge in [0.1, 0.15) is 8.07 Å². The Morgan fingerprint density at radius 1 is 0.941 bits per heavy atom. The molecule has 34 heavy (non-hydrogen) atoms. The van der Waals surface area contributed by atoms with Crippen molar-refractivity contribution in [3.8, 4) is 11.5 Å². The van der Waals surface area contributed by atoms with Gasteiger partial charge in [0, 0.05) is 18.5 Å². The first-order chi connectivity index (χ1) is 16.1. The highest BCUT2D eigenvalue weighted by molar-refractivity contribution is 6.99. The van der Waals surface area contributed by atoms with Crippen molar-refractivity contribution >= 4 is 26.8 Å². The third kappa shape index (κ3) is 6.52. The molecule has 3 rings (SSSR count). The summed E-state index contributed by atoms with van der Waals surface area (Å²) in [6.07, 6.45) is 3.59. The van der Waals surface area contributed by atoms with Crippen LogP contribution in [0.15, 0.2) is 60.7 Å². The molecule has 2 nitrogen and oxygen atoms in total. The molecular formula is C30H45NOSi2. The number of nitrogens with zero attached hydrogens (tertiary/aromatic N) is 1. The molecule has 0 bridgehead atoms. The van der Waals surface area contributed by atoms with E-state index in [-0.39, 0.29) is 5.04 Å². The monoisotopic (exact) mass is 491 g/mol. The molecule has 2 aromatic carbocycles. The first-order valence-corrected chi connectivity index (χ1v) is 18.5. The fraction of sp³-hybridized carbons (Fsp3) is 0.533. The first kappa shape index (κ1) is 26.9. The van der Waals surface area contributed by atoms with Crippen molar-refractivity contribution in [2.45, 2.75) is 77.7 Å².